The van der Waals surface area contributed by atoms with Gasteiger partial charge in [0.1, 0.15) is 0 Å². The molecule has 1 heterocycles. The third kappa shape index (κ3) is 4.31. The molecule has 0 aliphatic carbocycles. The van der Waals surface area contributed by atoms with Crippen molar-refractivity contribution in [2.45, 2.75) is 39.5 Å². The highest BCUT2D eigenvalue weighted by atomic mass is 16.2. The van der Waals surface area contributed by atoms with Gasteiger partial charge in [-0.25, -0.2) is 0 Å². The van der Waals surface area contributed by atoms with Crippen LogP contribution in [0, 0.1) is 0 Å². The summed E-state index contributed by atoms with van der Waals surface area (Å²) in [6.45, 7) is 4.02. The third-order valence-electron chi connectivity index (χ3n) is 3.78. The molecule has 0 bridgehead atoms. The molecule has 0 saturated heterocycles. The zero-order chi connectivity index (χ0) is 16.8. The zero-order valence-corrected chi connectivity index (χ0v) is 13.6. The number of nitrogens with one attached hydrogen (secondary N) is 2. The maximum Gasteiger partial charge on any atom is 0.246 e. The van der Waals surface area contributed by atoms with Crippen LogP contribution in [0.1, 0.15) is 38.7 Å². The molecule has 0 fully saturated rings. The van der Waals surface area contributed by atoms with Gasteiger partial charge in [-0.05, 0) is 37.0 Å². The first kappa shape index (κ1) is 17.0. The summed E-state index contributed by atoms with van der Waals surface area (Å²) in [6, 6.07) is 5.55. The normalized spacial score (nSPS) is 13.2. The van der Waals surface area contributed by atoms with Crippen LogP contribution < -0.4 is 15.5 Å². The topological polar surface area (TPSA) is 78.5 Å². The van der Waals surface area contributed by atoms with E-state index in [0.717, 1.165) is 36.2 Å². The van der Waals surface area contributed by atoms with Crippen LogP contribution in [0.4, 0.5) is 11.4 Å². The minimum Gasteiger partial charge on any atom is -0.347 e. The van der Waals surface area contributed by atoms with Gasteiger partial charge in [0.2, 0.25) is 17.7 Å². The van der Waals surface area contributed by atoms with Gasteiger partial charge in [-0.2, -0.15) is 0 Å². The van der Waals surface area contributed by atoms with Gasteiger partial charge in [-0.15, -0.1) is 0 Å². The van der Waals surface area contributed by atoms with E-state index in [9.17, 15) is 14.4 Å². The molecule has 0 spiro atoms. The van der Waals surface area contributed by atoms with Crippen molar-refractivity contribution in [1.29, 1.82) is 0 Å². The second-order valence-electron chi connectivity index (χ2n) is 5.66. The molecule has 1 aliphatic heterocycles. The predicted octanol–water partition coefficient (Wildman–Crippen LogP) is 1.84. The molecule has 1 aliphatic rings. The molecule has 0 atom stereocenters. The van der Waals surface area contributed by atoms with E-state index in [1.165, 1.54) is 6.92 Å². The number of hydrogen-bond donors (Lipinski definition) is 2. The summed E-state index contributed by atoms with van der Waals surface area (Å²) < 4.78 is 0. The van der Waals surface area contributed by atoms with Crippen LogP contribution in [0.2, 0.25) is 0 Å². The minimum absolute atomic E-state index is 0.00262. The van der Waals surface area contributed by atoms with Gasteiger partial charge in [0, 0.05) is 31.3 Å². The lowest BCUT2D eigenvalue weighted by Gasteiger charge is -2.31. The summed E-state index contributed by atoms with van der Waals surface area (Å²) in [5, 5.41) is 5.47. The molecule has 0 aromatic heterocycles. The summed E-state index contributed by atoms with van der Waals surface area (Å²) >= 11 is 0. The van der Waals surface area contributed by atoms with E-state index in [1.54, 1.807) is 4.90 Å². The lowest BCUT2D eigenvalue weighted by atomic mass is 9.99. The van der Waals surface area contributed by atoms with E-state index in [-0.39, 0.29) is 24.3 Å². The Morgan fingerprint density at radius 3 is 2.74 bits per heavy atom. The molecule has 1 aromatic carbocycles. The van der Waals surface area contributed by atoms with Crippen molar-refractivity contribution in [1.82, 2.24) is 5.32 Å². The molecule has 0 saturated carbocycles. The number of benzene rings is 1. The quantitative estimate of drug-likeness (QED) is 0.870. The molecule has 0 radical (unpaired) electrons. The Kier molecular flexibility index (Phi) is 5.73. The Morgan fingerprint density at radius 2 is 2.04 bits per heavy atom. The Morgan fingerprint density at radius 1 is 1.26 bits per heavy atom. The Hall–Kier alpha value is -2.37. The molecule has 3 amide bonds. The SMILES string of the molecule is CCCC(=O)NCC(=O)N1CCCc2c(NC(C)=O)cccc21. The molecule has 2 N–H and O–H groups in total. The van der Waals surface area contributed by atoms with Crippen LogP contribution in [-0.4, -0.2) is 30.8 Å². The van der Waals surface area contributed by atoms with E-state index in [0.29, 0.717) is 13.0 Å². The van der Waals surface area contributed by atoms with Crippen molar-refractivity contribution in [3.05, 3.63) is 23.8 Å². The van der Waals surface area contributed by atoms with Crippen LogP contribution in [-0.2, 0) is 20.8 Å². The van der Waals surface area contributed by atoms with E-state index < -0.39 is 0 Å². The lowest BCUT2D eigenvalue weighted by Crippen LogP contribution is -2.42. The largest absolute Gasteiger partial charge is 0.347 e. The summed E-state index contributed by atoms with van der Waals surface area (Å²) in [6.07, 6.45) is 2.83. The molecule has 23 heavy (non-hydrogen) atoms. The standard InChI is InChI=1S/C17H23N3O3/c1-3-6-16(22)18-11-17(23)20-10-5-7-13-14(19-12(2)21)8-4-9-15(13)20/h4,8-9H,3,5-7,10-11H2,1-2H3,(H,18,22)(H,19,21). The Balaban J connectivity index is 2.13. The highest BCUT2D eigenvalue weighted by Gasteiger charge is 2.24. The van der Waals surface area contributed by atoms with Crippen molar-refractivity contribution >= 4 is 29.1 Å². The van der Waals surface area contributed by atoms with Crippen LogP contribution in [0.5, 0.6) is 0 Å². The summed E-state index contributed by atoms with van der Waals surface area (Å²) in [5.41, 5.74) is 2.54. The average molecular weight is 317 g/mol. The number of rotatable bonds is 5. The van der Waals surface area contributed by atoms with Crippen molar-refractivity contribution in [3.63, 3.8) is 0 Å². The van der Waals surface area contributed by atoms with Crippen molar-refractivity contribution < 1.29 is 14.4 Å². The van der Waals surface area contributed by atoms with Crippen molar-refractivity contribution in [2.75, 3.05) is 23.3 Å². The predicted molar refractivity (Wildman–Crippen MR) is 89.3 cm³/mol. The Bertz CT molecular complexity index is 613. The van der Waals surface area contributed by atoms with Crippen LogP contribution >= 0.6 is 0 Å². The molecular formula is C17H23N3O3. The van der Waals surface area contributed by atoms with Gasteiger partial charge in [0.15, 0.2) is 0 Å². The van der Waals surface area contributed by atoms with E-state index in [4.69, 9.17) is 0 Å². The van der Waals surface area contributed by atoms with Crippen LogP contribution in [0.3, 0.4) is 0 Å². The molecule has 0 unspecified atom stereocenters. The monoisotopic (exact) mass is 317 g/mol. The Labute approximate surface area is 136 Å². The number of fused-ring (bicyclic) bond motifs is 1. The molecule has 6 nitrogen and oxygen atoms in total. The summed E-state index contributed by atoms with van der Waals surface area (Å²) in [4.78, 5) is 37.0. The fourth-order valence-electron chi connectivity index (χ4n) is 2.78. The zero-order valence-electron chi connectivity index (χ0n) is 13.6. The van der Waals surface area contributed by atoms with Gasteiger partial charge in [-0.1, -0.05) is 13.0 Å². The highest BCUT2D eigenvalue weighted by Crippen LogP contribution is 2.32. The summed E-state index contributed by atoms with van der Waals surface area (Å²) in [7, 11) is 0. The van der Waals surface area contributed by atoms with Crippen molar-refractivity contribution in [3.8, 4) is 0 Å². The highest BCUT2D eigenvalue weighted by molar-refractivity contribution is 5.99. The molecule has 6 heteroatoms. The number of hydrogen-bond acceptors (Lipinski definition) is 3. The fourth-order valence-corrected chi connectivity index (χ4v) is 2.78. The van der Waals surface area contributed by atoms with Gasteiger partial charge in [-0.3, -0.25) is 14.4 Å². The van der Waals surface area contributed by atoms with E-state index in [1.807, 2.05) is 25.1 Å². The number of carbonyl (C=O) groups excluding carboxylic acids is 3. The smallest absolute Gasteiger partial charge is 0.246 e. The fraction of sp³-hybridized carbons (Fsp3) is 0.471. The summed E-state index contributed by atoms with van der Waals surface area (Å²) in [5.74, 6) is -0.367. The lowest BCUT2D eigenvalue weighted by molar-refractivity contribution is -0.125. The van der Waals surface area contributed by atoms with Gasteiger partial charge in [0.25, 0.3) is 0 Å². The number of anilines is 2. The molecule has 2 rings (SSSR count). The maximum atomic E-state index is 12.4. The maximum absolute atomic E-state index is 12.4. The first-order valence-electron chi connectivity index (χ1n) is 7.99. The van der Waals surface area contributed by atoms with Gasteiger partial charge >= 0.3 is 0 Å². The van der Waals surface area contributed by atoms with E-state index in [2.05, 4.69) is 10.6 Å². The number of amides is 3. The first-order valence-corrected chi connectivity index (χ1v) is 7.99. The van der Waals surface area contributed by atoms with Gasteiger partial charge < -0.3 is 15.5 Å². The average Bonchev–Trinajstić information content (AvgIpc) is 2.52. The molecule has 124 valence electrons. The molecule has 1 aromatic rings. The second-order valence-corrected chi connectivity index (χ2v) is 5.66. The number of carbonyl (C=O) groups is 3. The van der Waals surface area contributed by atoms with Crippen molar-refractivity contribution in [2.24, 2.45) is 0 Å². The van der Waals surface area contributed by atoms with Gasteiger partial charge in [0.05, 0.1) is 6.54 Å². The first-order chi connectivity index (χ1) is 11.0. The number of nitrogens with zero attached hydrogens (tertiary/aromatic N) is 1. The minimum atomic E-state index is -0.131. The van der Waals surface area contributed by atoms with E-state index >= 15 is 0 Å². The van der Waals surface area contributed by atoms with Crippen LogP contribution in [0.25, 0.3) is 0 Å². The van der Waals surface area contributed by atoms with Crippen LogP contribution in [0.15, 0.2) is 18.2 Å². The second kappa shape index (κ2) is 7.76. The third-order valence-corrected chi connectivity index (χ3v) is 3.78. The molecular weight excluding hydrogens is 294 g/mol.